The van der Waals surface area contributed by atoms with Gasteiger partial charge in [0.2, 0.25) is 5.95 Å². The van der Waals surface area contributed by atoms with Gasteiger partial charge in [-0.3, -0.25) is 9.59 Å². The lowest BCUT2D eigenvalue weighted by Gasteiger charge is -2.10. The Hall–Kier alpha value is -1.98. The first-order valence-electron chi connectivity index (χ1n) is 5.10. The molecule has 1 heterocycles. The molecule has 1 unspecified atom stereocenters. The third-order valence-electron chi connectivity index (χ3n) is 2.12. The lowest BCUT2D eigenvalue weighted by Crippen LogP contribution is -2.29. The molecule has 1 atom stereocenters. The Kier molecular flexibility index (Phi) is 4.56. The zero-order valence-electron chi connectivity index (χ0n) is 9.31. The van der Waals surface area contributed by atoms with Crippen molar-refractivity contribution in [2.24, 2.45) is 5.92 Å². The highest BCUT2D eigenvalue weighted by Gasteiger charge is 2.10. The van der Waals surface area contributed by atoms with Crippen LogP contribution in [0.3, 0.4) is 0 Å². The van der Waals surface area contributed by atoms with Crippen LogP contribution in [0.4, 0.5) is 4.39 Å². The number of halogens is 1. The lowest BCUT2D eigenvalue weighted by atomic mass is 10.1. The lowest BCUT2D eigenvalue weighted by molar-refractivity contribution is -0.137. The van der Waals surface area contributed by atoms with Gasteiger partial charge in [-0.25, -0.2) is 4.98 Å². The van der Waals surface area contributed by atoms with Gasteiger partial charge < -0.3 is 10.4 Å². The molecule has 1 aromatic heterocycles. The van der Waals surface area contributed by atoms with Crippen LogP contribution in [0, 0.1) is 11.9 Å². The first-order valence-corrected chi connectivity index (χ1v) is 5.10. The second-order valence-corrected chi connectivity index (χ2v) is 3.78. The standard InChI is InChI=1S/C11H13FN2O3/c1-7(4-10(15)16)5-14-11(17)8-2-3-9(12)13-6-8/h2-3,6-7H,4-5H2,1H3,(H,14,17)(H,15,16). The van der Waals surface area contributed by atoms with E-state index in [0.717, 1.165) is 12.3 Å². The Bertz CT molecular complexity index is 406. The number of hydrogen-bond donors (Lipinski definition) is 2. The van der Waals surface area contributed by atoms with Crippen LogP contribution in [-0.4, -0.2) is 28.5 Å². The molecule has 1 rings (SSSR count). The fraction of sp³-hybridized carbons (Fsp3) is 0.364. The molecule has 0 aliphatic carbocycles. The zero-order chi connectivity index (χ0) is 12.8. The normalized spacial score (nSPS) is 11.9. The maximum atomic E-state index is 12.5. The largest absolute Gasteiger partial charge is 0.481 e. The summed E-state index contributed by atoms with van der Waals surface area (Å²) in [5.74, 6) is -2.12. The Balaban J connectivity index is 2.44. The molecule has 5 nitrogen and oxygen atoms in total. The Labute approximate surface area is 97.7 Å². The number of pyridine rings is 1. The van der Waals surface area contributed by atoms with Crippen LogP contribution in [-0.2, 0) is 4.79 Å². The summed E-state index contributed by atoms with van der Waals surface area (Å²) in [5.41, 5.74) is 0.244. The van der Waals surface area contributed by atoms with Gasteiger partial charge in [0.1, 0.15) is 0 Å². The minimum absolute atomic E-state index is 0.0120. The molecular formula is C11H13FN2O3. The summed E-state index contributed by atoms with van der Waals surface area (Å²) >= 11 is 0. The second-order valence-electron chi connectivity index (χ2n) is 3.78. The van der Waals surface area contributed by atoms with Crippen LogP contribution in [0.25, 0.3) is 0 Å². The van der Waals surface area contributed by atoms with Crippen molar-refractivity contribution in [3.63, 3.8) is 0 Å². The quantitative estimate of drug-likeness (QED) is 0.754. The van der Waals surface area contributed by atoms with Crippen molar-refractivity contribution in [2.45, 2.75) is 13.3 Å². The number of nitrogens with zero attached hydrogens (tertiary/aromatic N) is 1. The van der Waals surface area contributed by atoms with Crippen molar-refractivity contribution in [2.75, 3.05) is 6.54 Å². The maximum Gasteiger partial charge on any atom is 0.303 e. The van der Waals surface area contributed by atoms with Crippen LogP contribution in [0.1, 0.15) is 23.7 Å². The number of hydrogen-bond acceptors (Lipinski definition) is 3. The van der Waals surface area contributed by atoms with Gasteiger partial charge in [0.05, 0.1) is 5.56 Å². The minimum Gasteiger partial charge on any atom is -0.481 e. The summed E-state index contributed by atoms with van der Waals surface area (Å²) < 4.78 is 12.5. The Morgan fingerprint density at radius 2 is 2.24 bits per heavy atom. The van der Waals surface area contributed by atoms with Gasteiger partial charge in [0.15, 0.2) is 0 Å². The van der Waals surface area contributed by atoms with Gasteiger partial charge in [-0.2, -0.15) is 4.39 Å². The number of aliphatic carboxylic acids is 1. The monoisotopic (exact) mass is 240 g/mol. The SMILES string of the molecule is CC(CNC(=O)c1ccc(F)nc1)CC(=O)O. The number of nitrogens with one attached hydrogen (secondary N) is 1. The molecule has 17 heavy (non-hydrogen) atoms. The van der Waals surface area contributed by atoms with E-state index in [2.05, 4.69) is 10.3 Å². The van der Waals surface area contributed by atoms with Gasteiger partial charge in [-0.1, -0.05) is 6.92 Å². The van der Waals surface area contributed by atoms with E-state index >= 15 is 0 Å². The molecule has 0 saturated heterocycles. The van der Waals surface area contributed by atoms with E-state index in [-0.39, 0.29) is 24.4 Å². The van der Waals surface area contributed by atoms with E-state index < -0.39 is 17.8 Å². The summed E-state index contributed by atoms with van der Waals surface area (Å²) in [6, 6.07) is 2.41. The summed E-state index contributed by atoms with van der Waals surface area (Å²) in [6.07, 6.45) is 1.12. The van der Waals surface area contributed by atoms with E-state index in [0.29, 0.717) is 0 Å². The minimum atomic E-state index is -0.907. The molecule has 6 heteroatoms. The van der Waals surface area contributed by atoms with Crippen molar-refractivity contribution < 1.29 is 19.1 Å². The van der Waals surface area contributed by atoms with Gasteiger partial charge in [0.25, 0.3) is 5.91 Å². The van der Waals surface area contributed by atoms with Gasteiger partial charge in [0, 0.05) is 19.2 Å². The molecule has 0 bridgehead atoms. The molecule has 0 radical (unpaired) electrons. The highest BCUT2D eigenvalue weighted by Crippen LogP contribution is 2.02. The predicted octanol–water partition coefficient (Wildman–Crippen LogP) is 1.06. The number of carbonyl (C=O) groups is 2. The van der Waals surface area contributed by atoms with Crippen LogP contribution >= 0.6 is 0 Å². The van der Waals surface area contributed by atoms with Crippen LogP contribution in [0.15, 0.2) is 18.3 Å². The molecule has 1 amide bonds. The topological polar surface area (TPSA) is 79.3 Å². The van der Waals surface area contributed by atoms with Crippen molar-refractivity contribution in [3.05, 3.63) is 29.8 Å². The van der Waals surface area contributed by atoms with Crippen LogP contribution in [0.5, 0.6) is 0 Å². The number of carboxylic acids is 1. The number of carbonyl (C=O) groups excluding carboxylic acids is 1. The maximum absolute atomic E-state index is 12.5. The molecule has 0 aliphatic rings. The Morgan fingerprint density at radius 3 is 2.76 bits per heavy atom. The summed E-state index contributed by atoms with van der Waals surface area (Å²) in [5, 5.41) is 11.1. The third kappa shape index (κ3) is 4.58. The molecule has 2 N–H and O–H groups in total. The molecular weight excluding hydrogens is 227 g/mol. The van der Waals surface area contributed by atoms with Crippen molar-refractivity contribution in [3.8, 4) is 0 Å². The van der Waals surface area contributed by atoms with Gasteiger partial charge >= 0.3 is 5.97 Å². The predicted molar refractivity (Wildman–Crippen MR) is 57.9 cm³/mol. The number of aromatic nitrogens is 1. The fourth-order valence-corrected chi connectivity index (χ4v) is 1.25. The molecule has 0 aliphatic heterocycles. The molecule has 0 fully saturated rings. The number of amides is 1. The van der Waals surface area contributed by atoms with Crippen molar-refractivity contribution >= 4 is 11.9 Å². The third-order valence-corrected chi connectivity index (χ3v) is 2.12. The van der Waals surface area contributed by atoms with E-state index in [9.17, 15) is 14.0 Å². The summed E-state index contributed by atoms with van der Waals surface area (Å²) in [4.78, 5) is 25.3. The second kappa shape index (κ2) is 5.93. The van der Waals surface area contributed by atoms with E-state index in [1.807, 2.05) is 0 Å². The molecule has 1 aromatic rings. The summed E-state index contributed by atoms with van der Waals surface area (Å²) in [7, 11) is 0. The average molecular weight is 240 g/mol. The van der Waals surface area contributed by atoms with Crippen LogP contribution in [0.2, 0.25) is 0 Å². The highest BCUT2D eigenvalue weighted by molar-refractivity contribution is 5.93. The number of rotatable bonds is 5. The van der Waals surface area contributed by atoms with Gasteiger partial charge in [-0.05, 0) is 18.1 Å². The first kappa shape index (κ1) is 13.1. The highest BCUT2D eigenvalue weighted by atomic mass is 19.1. The van der Waals surface area contributed by atoms with Crippen molar-refractivity contribution in [1.82, 2.24) is 10.3 Å². The molecule has 0 aromatic carbocycles. The Morgan fingerprint density at radius 1 is 1.53 bits per heavy atom. The fourth-order valence-electron chi connectivity index (χ4n) is 1.25. The average Bonchev–Trinajstić information content (AvgIpc) is 2.26. The smallest absolute Gasteiger partial charge is 0.303 e. The molecule has 92 valence electrons. The summed E-state index contributed by atoms with van der Waals surface area (Å²) in [6.45, 7) is 1.97. The zero-order valence-corrected chi connectivity index (χ0v) is 9.31. The first-order chi connectivity index (χ1) is 7.99. The van der Waals surface area contributed by atoms with E-state index in [4.69, 9.17) is 5.11 Å². The van der Waals surface area contributed by atoms with E-state index in [1.54, 1.807) is 6.92 Å². The van der Waals surface area contributed by atoms with Crippen molar-refractivity contribution in [1.29, 1.82) is 0 Å². The number of carboxylic acid groups (broad SMARTS) is 1. The van der Waals surface area contributed by atoms with E-state index in [1.165, 1.54) is 6.07 Å². The van der Waals surface area contributed by atoms with Gasteiger partial charge in [-0.15, -0.1) is 0 Å². The van der Waals surface area contributed by atoms with Crippen LogP contribution < -0.4 is 5.32 Å². The molecule has 0 saturated carbocycles. The molecule has 0 spiro atoms.